The van der Waals surface area contributed by atoms with Gasteiger partial charge in [-0.05, 0) is 43.7 Å². The average molecular weight is 412 g/mol. The number of hydrogen-bond acceptors (Lipinski definition) is 6. The second-order valence-corrected chi connectivity index (χ2v) is 9.57. The van der Waals surface area contributed by atoms with Crippen LogP contribution >= 0.6 is 0 Å². The number of aromatic hydroxyl groups is 1. The van der Waals surface area contributed by atoms with E-state index in [0.717, 1.165) is 50.8 Å². The number of methoxy groups -OCH3 is 1. The molecule has 1 aliphatic carbocycles. The van der Waals surface area contributed by atoms with Gasteiger partial charge in [-0.1, -0.05) is 13.0 Å². The Morgan fingerprint density at radius 2 is 2.13 bits per heavy atom. The minimum atomic E-state index is -0.725. The summed E-state index contributed by atoms with van der Waals surface area (Å²) in [6.45, 7) is 3.60. The van der Waals surface area contributed by atoms with Gasteiger partial charge >= 0.3 is 5.97 Å². The van der Waals surface area contributed by atoms with Crippen molar-refractivity contribution in [1.82, 2.24) is 4.90 Å². The van der Waals surface area contributed by atoms with Gasteiger partial charge in [0.1, 0.15) is 0 Å². The molecular formula is C23H28N2O5. The third kappa shape index (κ3) is 1.72. The molecule has 0 bridgehead atoms. The van der Waals surface area contributed by atoms with Crippen molar-refractivity contribution in [3.63, 3.8) is 0 Å². The monoisotopic (exact) mass is 412 g/mol. The third-order valence-corrected chi connectivity index (χ3v) is 8.78. The summed E-state index contributed by atoms with van der Waals surface area (Å²) in [6.07, 6.45) is 5.34. The lowest BCUT2D eigenvalue weighted by Crippen LogP contribution is -2.73. The molecule has 1 aromatic rings. The Morgan fingerprint density at radius 1 is 1.30 bits per heavy atom. The predicted octanol–water partition coefficient (Wildman–Crippen LogP) is 2.69. The van der Waals surface area contributed by atoms with Gasteiger partial charge in [-0.25, -0.2) is 0 Å². The number of phenols is 1. The third-order valence-electron chi connectivity index (χ3n) is 8.78. The Balaban J connectivity index is 1.67. The summed E-state index contributed by atoms with van der Waals surface area (Å²) >= 11 is 0. The molecule has 160 valence electrons. The molecule has 0 radical (unpaired) electrons. The van der Waals surface area contributed by atoms with Crippen LogP contribution in [0.25, 0.3) is 0 Å². The lowest BCUT2D eigenvalue weighted by molar-refractivity contribution is -0.230. The van der Waals surface area contributed by atoms with Gasteiger partial charge in [0.25, 0.3) is 0 Å². The second kappa shape index (κ2) is 5.69. The maximum atomic E-state index is 13.2. The number of rotatable bonds is 2. The Bertz CT molecular complexity index is 979. The Hall–Kier alpha value is -2.28. The first kappa shape index (κ1) is 18.5. The van der Waals surface area contributed by atoms with E-state index in [4.69, 9.17) is 9.47 Å². The van der Waals surface area contributed by atoms with Crippen LogP contribution in [-0.4, -0.2) is 53.8 Å². The minimum Gasteiger partial charge on any atom is -0.503 e. The Labute approximate surface area is 175 Å². The number of piperidine rings is 1. The molecule has 4 unspecified atom stereocenters. The van der Waals surface area contributed by atoms with Gasteiger partial charge in [0, 0.05) is 24.9 Å². The van der Waals surface area contributed by atoms with Gasteiger partial charge in [0.05, 0.1) is 30.7 Å². The first-order valence-electron chi connectivity index (χ1n) is 11.1. The second-order valence-electron chi connectivity index (χ2n) is 9.57. The van der Waals surface area contributed by atoms with Crippen LogP contribution in [0.1, 0.15) is 57.4 Å². The SMILES string of the molecule is CCC(=O)N1c2c(ccc(OC)c2O)C23CCN4CCCC5(CCC12)CC(=O)OC453. The lowest BCUT2D eigenvalue weighted by atomic mass is 9.50. The van der Waals surface area contributed by atoms with Gasteiger partial charge in [-0.3, -0.25) is 14.5 Å². The van der Waals surface area contributed by atoms with Crippen molar-refractivity contribution >= 4 is 17.6 Å². The van der Waals surface area contributed by atoms with E-state index in [1.54, 1.807) is 6.07 Å². The molecule has 5 aliphatic rings. The quantitative estimate of drug-likeness (QED) is 0.753. The van der Waals surface area contributed by atoms with E-state index in [9.17, 15) is 14.7 Å². The summed E-state index contributed by atoms with van der Waals surface area (Å²) < 4.78 is 11.8. The molecular weight excluding hydrogens is 384 g/mol. The van der Waals surface area contributed by atoms with Crippen molar-refractivity contribution in [2.45, 2.75) is 69.1 Å². The highest BCUT2D eigenvalue weighted by Crippen LogP contribution is 2.74. The molecule has 4 fully saturated rings. The minimum absolute atomic E-state index is 0.0100. The van der Waals surface area contributed by atoms with Crippen molar-refractivity contribution in [3.05, 3.63) is 17.7 Å². The van der Waals surface area contributed by atoms with Crippen molar-refractivity contribution in [2.24, 2.45) is 5.41 Å². The number of phenolic OH excluding ortho intramolecular Hbond substituents is 1. The molecule has 30 heavy (non-hydrogen) atoms. The summed E-state index contributed by atoms with van der Waals surface area (Å²) in [6, 6.07) is 3.66. The summed E-state index contributed by atoms with van der Waals surface area (Å²) in [4.78, 5) is 30.2. The van der Waals surface area contributed by atoms with Gasteiger partial charge in [0.2, 0.25) is 5.91 Å². The molecule has 1 N–H and O–H groups in total. The molecule has 6 rings (SSSR count). The number of nitrogens with zero attached hydrogens (tertiary/aromatic N) is 2. The number of hydrogen-bond donors (Lipinski definition) is 1. The van der Waals surface area contributed by atoms with E-state index >= 15 is 0 Å². The zero-order chi connectivity index (χ0) is 20.9. The van der Waals surface area contributed by atoms with Crippen LogP contribution < -0.4 is 9.64 Å². The van der Waals surface area contributed by atoms with E-state index in [1.807, 2.05) is 17.9 Å². The Kier molecular flexibility index (Phi) is 3.51. The van der Waals surface area contributed by atoms with Crippen LogP contribution in [0.4, 0.5) is 5.69 Å². The first-order valence-corrected chi connectivity index (χ1v) is 11.1. The summed E-state index contributed by atoms with van der Waals surface area (Å²) in [5.74, 6) is 0.247. The van der Waals surface area contributed by atoms with Gasteiger partial charge in [0.15, 0.2) is 17.2 Å². The highest BCUT2D eigenvalue weighted by Gasteiger charge is 2.82. The normalized spacial score (nSPS) is 38.5. The fourth-order valence-corrected chi connectivity index (χ4v) is 7.96. The number of carbonyl (C=O) groups is 2. The molecule has 1 saturated carbocycles. The smallest absolute Gasteiger partial charge is 0.308 e. The van der Waals surface area contributed by atoms with Gasteiger partial charge in [-0.15, -0.1) is 0 Å². The van der Waals surface area contributed by atoms with Crippen molar-refractivity contribution in [3.8, 4) is 11.5 Å². The van der Waals surface area contributed by atoms with Gasteiger partial charge < -0.3 is 19.5 Å². The molecule has 7 heteroatoms. The largest absolute Gasteiger partial charge is 0.503 e. The van der Waals surface area contributed by atoms with Crippen LogP contribution in [0, 0.1) is 5.41 Å². The van der Waals surface area contributed by atoms with Crippen molar-refractivity contribution in [2.75, 3.05) is 25.1 Å². The average Bonchev–Trinajstić information content (AvgIpc) is 3.34. The maximum absolute atomic E-state index is 13.2. The zero-order valence-electron chi connectivity index (χ0n) is 17.6. The number of anilines is 1. The molecule has 4 atom stereocenters. The van der Waals surface area contributed by atoms with Crippen LogP contribution in [-0.2, 0) is 19.7 Å². The lowest BCUT2D eigenvalue weighted by Gasteiger charge is -2.61. The molecule has 0 aromatic heterocycles. The van der Waals surface area contributed by atoms with E-state index in [1.165, 1.54) is 7.11 Å². The van der Waals surface area contributed by atoms with Crippen LogP contribution in [0.15, 0.2) is 12.1 Å². The maximum Gasteiger partial charge on any atom is 0.308 e. The van der Waals surface area contributed by atoms with Crippen LogP contribution in [0.2, 0.25) is 0 Å². The van der Waals surface area contributed by atoms with E-state index in [0.29, 0.717) is 24.3 Å². The molecule has 3 saturated heterocycles. The number of esters is 1. The summed E-state index contributed by atoms with van der Waals surface area (Å²) in [5, 5.41) is 11.1. The van der Waals surface area contributed by atoms with Gasteiger partial charge in [-0.2, -0.15) is 0 Å². The highest BCUT2D eigenvalue weighted by atomic mass is 16.6. The fraction of sp³-hybridized carbons (Fsp3) is 0.652. The molecule has 4 aliphatic heterocycles. The van der Waals surface area contributed by atoms with Crippen LogP contribution in [0.3, 0.4) is 0 Å². The molecule has 4 heterocycles. The fourth-order valence-electron chi connectivity index (χ4n) is 7.96. The molecule has 2 spiro atoms. The first-order chi connectivity index (χ1) is 14.5. The summed E-state index contributed by atoms with van der Waals surface area (Å²) in [5.41, 5.74) is 0.0499. The van der Waals surface area contributed by atoms with Crippen molar-refractivity contribution in [1.29, 1.82) is 0 Å². The van der Waals surface area contributed by atoms with E-state index in [2.05, 4.69) is 4.90 Å². The number of fused-ring (bicyclic) bond motifs is 1. The molecule has 1 aromatic carbocycles. The van der Waals surface area contributed by atoms with Crippen LogP contribution in [0.5, 0.6) is 11.5 Å². The van der Waals surface area contributed by atoms with E-state index < -0.39 is 11.1 Å². The standard InChI is InChI=1S/C23H28N2O5/c1-3-17(26)25-16-7-9-21-8-4-11-24-12-10-22(16,23(21,24)30-18(27)13-21)14-5-6-15(29-2)20(28)19(14)25/h5-6,16,28H,3-4,7-13H2,1-2H3. The number of ether oxygens (including phenoxy) is 2. The van der Waals surface area contributed by atoms with Crippen molar-refractivity contribution < 1.29 is 24.2 Å². The highest BCUT2D eigenvalue weighted by molar-refractivity contribution is 6.00. The summed E-state index contributed by atoms with van der Waals surface area (Å²) in [7, 11) is 1.52. The number of carbonyl (C=O) groups excluding carboxylic acids is 2. The topological polar surface area (TPSA) is 79.3 Å². The zero-order valence-corrected chi connectivity index (χ0v) is 17.6. The number of amides is 1. The Morgan fingerprint density at radius 3 is 2.90 bits per heavy atom. The molecule has 1 amide bonds. The molecule has 7 nitrogen and oxygen atoms in total. The predicted molar refractivity (Wildman–Crippen MR) is 108 cm³/mol. The van der Waals surface area contributed by atoms with E-state index in [-0.39, 0.29) is 29.1 Å². The number of benzene rings is 1.